The standard InChI is InChI=1S/C30H37N4/c1-18-15-19(2)20(3)23(16-18)24-14-13-21-11-12-22(17-25(21)34(24)10)26-31-27(29(4,5)6)33-28(32-26)30(7,8)9/h11-17H,1-10H3/q+1. The molecule has 2 heterocycles. The molecular weight excluding hydrogens is 416 g/mol. The summed E-state index contributed by atoms with van der Waals surface area (Å²) in [5.74, 6) is 2.39. The summed E-state index contributed by atoms with van der Waals surface area (Å²) in [5, 5.41) is 1.19. The molecule has 0 N–H and O–H groups in total. The second-order valence-electron chi connectivity index (χ2n) is 11.6. The maximum absolute atomic E-state index is 4.91. The van der Waals surface area contributed by atoms with Gasteiger partial charge in [0.05, 0.1) is 0 Å². The van der Waals surface area contributed by atoms with Gasteiger partial charge in [0.15, 0.2) is 5.82 Å². The highest BCUT2D eigenvalue weighted by atomic mass is 15.1. The van der Waals surface area contributed by atoms with Crippen LogP contribution in [0.4, 0.5) is 0 Å². The molecule has 4 nitrogen and oxygen atoms in total. The highest BCUT2D eigenvalue weighted by molar-refractivity contribution is 5.82. The summed E-state index contributed by atoms with van der Waals surface area (Å²) in [7, 11) is 2.15. The Kier molecular flexibility index (Phi) is 5.83. The van der Waals surface area contributed by atoms with Crippen LogP contribution in [-0.2, 0) is 17.9 Å². The van der Waals surface area contributed by atoms with Gasteiger partial charge in [0, 0.05) is 39.5 Å². The molecule has 176 valence electrons. The molecule has 0 amide bonds. The van der Waals surface area contributed by atoms with Gasteiger partial charge < -0.3 is 0 Å². The summed E-state index contributed by atoms with van der Waals surface area (Å²) in [6, 6.07) is 15.5. The molecule has 2 aromatic carbocycles. The van der Waals surface area contributed by atoms with E-state index in [1.807, 2.05) is 0 Å². The number of fused-ring (bicyclic) bond motifs is 1. The summed E-state index contributed by atoms with van der Waals surface area (Å²) >= 11 is 0. The first-order valence-electron chi connectivity index (χ1n) is 12.0. The number of nitrogens with zero attached hydrogens (tertiary/aromatic N) is 4. The molecule has 0 aliphatic carbocycles. The number of aromatic nitrogens is 4. The minimum atomic E-state index is -0.160. The van der Waals surface area contributed by atoms with Gasteiger partial charge in [-0.15, -0.1) is 0 Å². The molecule has 0 aliphatic rings. The van der Waals surface area contributed by atoms with Gasteiger partial charge >= 0.3 is 0 Å². The molecule has 0 atom stereocenters. The van der Waals surface area contributed by atoms with Crippen LogP contribution in [0.1, 0.15) is 69.9 Å². The number of benzene rings is 2. The van der Waals surface area contributed by atoms with Gasteiger partial charge in [0.25, 0.3) is 0 Å². The van der Waals surface area contributed by atoms with Crippen molar-refractivity contribution in [3.8, 4) is 22.6 Å². The third kappa shape index (κ3) is 4.46. The molecule has 0 bridgehead atoms. The van der Waals surface area contributed by atoms with E-state index in [1.54, 1.807) is 0 Å². The molecule has 0 spiro atoms. The fourth-order valence-corrected chi connectivity index (χ4v) is 4.28. The van der Waals surface area contributed by atoms with Gasteiger partial charge in [0.1, 0.15) is 18.7 Å². The largest absolute Gasteiger partial charge is 0.217 e. The van der Waals surface area contributed by atoms with Crippen molar-refractivity contribution in [2.75, 3.05) is 0 Å². The van der Waals surface area contributed by atoms with Crippen molar-refractivity contribution in [1.29, 1.82) is 0 Å². The zero-order valence-electron chi connectivity index (χ0n) is 22.3. The lowest BCUT2D eigenvalue weighted by molar-refractivity contribution is -0.633. The fraction of sp³-hybridized carbons (Fsp3) is 0.400. The van der Waals surface area contributed by atoms with Crippen LogP contribution in [0, 0.1) is 20.8 Å². The SMILES string of the molecule is Cc1cc(C)c(C)c(-c2ccc3ccc(-c4nc(C(C)(C)C)nc(C(C)(C)C)n4)cc3[n+]2C)c1. The topological polar surface area (TPSA) is 42.6 Å². The molecule has 4 rings (SSSR count). The highest BCUT2D eigenvalue weighted by Crippen LogP contribution is 2.30. The summed E-state index contributed by atoms with van der Waals surface area (Å²) in [5.41, 5.74) is 8.24. The average Bonchev–Trinajstić information content (AvgIpc) is 2.75. The van der Waals surface area contributed by atoms with Gasteiger partial charge in [-0.25, -0.2) is 15.0 Å². The summed E-state index contributed by atoms with van der Waals surface area (Å²) in [4.78, 5) is 14.7. The van der Waals surface area contributed by atoms with E-state index in [1.165, 1.54) is 33.3 Å². The predicted molar refractivity (Wildman–Crippen MR) is 141 cm³/mol. The Morgan fingerprint density at radius 1 is 0.706 bits per heavy atom. The van der Waals surface area contributed by atoms with Crippen LogP contribution in [0.3, 0.4) is 0 Å². The van der Waals surface area contributed by atoms with Crippen LogP contribution in [-0.4, -0.2) is 15.0 Å². The smallest absolute Gasteiger partial charge is 0.213 e. The molecule has 0 saturated carbocycles. The van der Waals surface area contributed by atoms with E-state index >= 15 is 0 Å². The first-order chi connectivity index (χ1) is 15.8. The molecular formula is C30H37N4+. The van der Waals surface area contributed by atoms with Crippen LogP contribution in [0.15, 0.2) is 42.5 Å². The Balaban J connectivity index is 1.94. The Morgan fingerprint density at radius 3 is 1.88 bits per heavy atom. The fourth-order valence-electron chi connectivity index (χ4n) is 4.28. The second kappa shape index (κ2) is 8.26. The van der Waals surface area contributed by atoms with E-state index in [4.69, 9.17) is 15.0 Å². The van der Waals surface area contributed by atoms with Gasteiger partial charge in [0.2, 0.25) is 11.2 Å². The molecule has 4 aromatic rings. The minimum Gasteiger partial charge on any atom is -0.217 e. The average molecular weight is 454 g/mol. The highest BCUT2D eigenvalue weighted by Gasteiger charge is 2.26. The molecule has 4 heteroatoms. The van der Waals surface area contributed by atoms with Crippen molar-refractivity contribution in [1.82, 2.24) is 15.0 Å². The monoisotopic (exact) mass is 453 g/mol. The maximum Gasteiger partial charge on any atom is 0.213 e. The van der Waals surface area contributed by atoms with Crippen molar-refractivity contribution in [3.63, 3.8) is 0 Å². The molecule has 34 heavy (non-hydrogen) atoms. The van der Waals surface area contributed by atoms with Crippen molar-refractivity contribution in [3.05, 3.63) is 70.8 Å². The maximum atomic E-state index is 4.91. The van der Waals surface area contributed by atoms with Crippen molar-refractivity contribution in [2.45, 2.75) is 73.1 Å². The van der Waals surface area contributed by atoms with E-state index in [0.29, 0.717) is 0 Å². The third-order valence-corrected chi connectivity index (χ3v) is 6.50. The van der Waals surface area contributed by atoms with Gasteiger partial charge in [-0.2, -0.15) is 4.57 Å². The van der Waals surface area contributed by atoms with Crippen LogP contribution in [0.2, 0.25) is 0 Å². The zero-order chi connectivity index (χ0) is 25.0. The predicted octanol–water partition coefficient (Wildman–Crippen LogP) is 6.70. The molecule has 0 saturated heterocycles. The van der Waals surface area contributed by atoms with E-state index in [2.05, 4.69) is 116 Å². The van der Waals surface area contributed by atoms with Gasteiger partial charge in [-0.1, -0.05) is 59.2 Å². The summed E-state index contributed by atoms with van der Waals surface area (Å²) < 4.78 is 2.29. The molecule has 0 unspecified atom stereocenters. The number of hydrogen-bond acceptors (Lipinski definition) is 3. The normalized spacial score (nSPS) is 12.4. The molecule has 0 aliphatic heterocycles. The second-order valence-corrected chi connectivity index (χ2v) is 11.6. The van der Waals surface area contributed by atoms with Crippen molar-refractivity contribution < 1.29 is 4.57 Å². The van der Waals surface area contributed by atoms with Crippen LogP contribution >= 0.6 is 0 Å². The molecule has 0 radical (unpaired) electrons. The molecule has 0 fully saturated rings. The van der Waals surface area contributed by atoms with Gasteiger partial charge in [-0.05, 0) is 50.1 Å². The third-order valence-electron chi connectivity index (χ3n) is 6.50. The van der Waals surface area contributed by atoms with Crippen LogP contribution < -0.4 is 4.57 Å². The Bertz CT molecular complexity index is 1370. The van der Waals surface area contributed by atoms with Crippen molar-refractivity contribution in [2.24, 2.45) is 7.05 Å². The number of hydrogen-bond donors (Lipinski definition) is 0. The van der Waals surface area contributed by atoms with E-state index in [-0.39, 0.29) is 10.8 Å². The lowest BCUT2D eigenvalue weighted by atomic mass is 9.93. The summed E-state index contributed by atoms with van der Waals surface area (Å²) in [6.45, 7) is 19.5. The van der Waals surface area contributed by atoms with E-state index in [0.717, 1.165) is 28.6 Å². The Morgan fingerprint density at radius 2 is 1.29 bits per heavy atom. The lowest BCUT2D eigenvalue weighted by Gasteiger charge is -2.22. The Hall–Kier alpha value is -3.14. The van der Waals surface area contributed by atoms with Crippen molar-refractivity contribution >= 4 is 10.9 Å². The molecule has 2 aromatic heterocycles. The Labute approximate surface area is 204 Å². The number of pyridine rings is 1. The lowest BCUT2D eigenvalue weighted by Crippen LogP contribution is -2.32. The summed E-state index contributed by atoms with van der Waals surface area (Å²) in [6.07, 6.45) is 0. The zero-order valence-corrected chi connectivity index (χ0v) is 22.3. The van der Waals surface area contributed by atoms with Crippen LogP contribution in [0.5, 0.6) is 0 Å². The van der Waals surface area contributed by atoms with Gasteiger partial charge in [-0.3, -0.25) is 0 Å². The van der Waals surface area contributed by atoms with E-state index < -0.39 is 0 Å². The first-order valence-corrected chi connectivity index (χ1v) is 12.0. The first kappa shape index (κ1) is 24.0. The quantitative estimate of drug-likeness (QED) is 0.317. The number of rotatable bonds is 2. The van der Waals surface area contributed by atoms with E-state index in [9.17, 15) is 0 Å². The minimum absolute atomic E-state index is 0.160. The van der Waals surface area contributed by atoms with Crippen LogP contribution in [0.25, 0.3) is 33.5 Å². The number of aryl methyl sites for hydroxylation is 3.